The molecule has 0 fully saturated rings. The Morgan fingerprint density at radius 3 is 1.62 bits per heavy atom. The Kier molecular flexibility index (Phi) is 8.17. The summed E-state index contributed by atoms with van der Waals surface area (Å²) in [6.07, 6.45) is 0. The van der Waals surface area contributed by atoms with Gasteiger partial charge in [0.2, 0.25) is 0 Å². The van der Waals surface area contributed by atoms with Crippen LogP contribution in [0.25, 0.3) is 99.2 Å². The molecule has 0 amide bonds. The van der Waals surface area contributed by atoms with Gasteiger partial charge in [-0.15, -0.1) is 0 Å². The summed E-state index contributed by atoms with van der Waals surface area (Å²) >= 11 is 0. The number of benzene rings is 10. The fourth-order valence-electron chi connectivity index (χ4n) is 9.20. The fourth-order valence-corrected chi connectivity index (χ4v) is 9.20. The average Bonchev–Trinajstić information content (AvgIpc) is 3.92. The van der Waals surface area contributed by atoms with Crippen LogP contribution in [0.4, 0.5) is 17.1 Å². The van der Waals surface area contributed by atoms with E-state index in [4.69, 9.17) is 8.83 Å². The van der Waals surface area contributed by atoms with E-state index in [9.17, 15) is 0 Å². The zero-order valence-corrected chi connectivity index (χ0v) is 33.1. The number of furan rings is 2. The lowest BCUT2D eigenvalue weighted by molar-refractivity contribution is 0.670. The maximum Gasteiger partial charge on any atom is 0.143 e. The predicted octanol–water partition coefficient (Wildman–Crippen LogP) is 16.8. The van der Waals surface area contributed by atoms with Crippen molar-refractivity contribution in [1.29, 1.82) is 0 Å². The van der Waals surface area contributed by atoms with Gasteiger partial charge >= 0.3 is 0 Å². The van der Waals surface area contributed by atoms with Crippen LogP contribution in [0.5, 0.6) is 0 Å². The Hall–Kier alpha value is -8.14. The molecule has 0 radical (unpaired) electrons. The van der Waals surface area contributed by atoms with Crippen molar-refractivity contribution in [3.63, 3.8) is 0 Å². The third-order valence-corrected chi connectivity index (χ3v) is 12.1. The van der Waals surface area contributed by atoms with Crippen LogP contribution in [-0.4, -0.2) is 0 Å². The highest BCUT2D eigenvalue weighted by atomic mass is 16.3. The van der Waals surface area contributed by atoms with Gasteiger partial charge in [-0.1, -0.05) is 170 Å². The van der Waals surface area contributed by atoms with Crippen molar-refractivity contribution < 1.29 is 8.83 Å². The maximum absolute atomic E-state index is 6.91. The molecular formula is C58H37NO2. The summed E-state index contributed by atoms with van der Waals surface area (Å²) in [6.45, 7) is 0. The molecule has 12 rings (SSSR count). The molecule has 0 saturated carbocycles. The Bertz CT molecular complexity index is 3580. The quantitative estimate of drug-likeness (QED) is 0.161. The average molecular weight is 780 g/mol. The van der Waals surface area contributed by atoms with Crippen LogP contribution in [0.3, 0.4) is 0 Å². The molecule has 0 aliphatic carbocycles. The number of hydrogen-bond donors (Lipinski definition) is 0. The fraction of sp³-hybridized carbons (Fsp3) is 0. The van der Waals surface area contributed by atoms with Gasteiger partial charge in [-0.3, -0.25) is 0 Å². The summed E-state index contributed by atoms with van der Waals surface area (Å²) in [6, 6.07) is 79.8. The predicted molar refractivity (Wildman–Crippen MR) is 255 cm³/mol. The molecule has 0 spiro atoms. The number of hydrogen-bond acceptors (Lipinski definition) is 3. The lowest BCUT2D eigenvalue weighted by Gasteiger charge is -2.27. The molecule has 0 aliphatic heterocycles. The molecule has 3 nitrogen and oxygen atoms in total. The topological polar surface area (TPSA) is 29.5 Å². The lowest BCUT2D eigenvalue weighted by atomic mass is 9.93. The molecule has 10 aromatic carbocycles. The first-order valence-corrected chi connectivity index (χ1v) is 20.7. The van der Waals surface area contributed by atoms with E-state index in [1.807, 2.05) is 12.1 Å². The smallest absolute Gasteiger partial charge is 0.143 e. The number of nitrogens with zero attached hydrogens (tertiary/aromatic N) is 1. The first kappa shape index (κ1) is 34.9. The molecule has 0 saturated heterocycles. The summed E-state index contributed by atoms with van der Waals surface area (Å²) in [5, 5.41) is 6.62. The number of fused-ring (bicyclic) bond motifs is 8. The molecule has 0 atom stereocenters. The van der Waals surface area contributed by atoms with Crippen molar-refractivity contribution in [3.8, 4) is 44.5 Å². The SMILES string of the molecule is c1ccc(-c2cccc(-c3cc4c(oc5cccc(N(c6ccc(-c7cccc8c7oc7ccccc78)cc6)c6cccc(-c7ccccc7)c6)c54)c4ccccc34)c2)cc1. The van der Waals surface area contributed by atoms with Gasteiger partial charge in [-0.25, -0.2) is 0 Å². The largest absolute Gasteiger partial charge is 0.455 e. The van der Waals surface area contributed by atoms with Crippen LogP contribution in [0.1, 0.15) is 0 Å². The third-order valence-electron chi connectivity index (χ3n) is 12.1. The van der Waals surface area contributed by atoms with Crippen LogP contribution in [0.2, 0.25) is 0 Å². The standard InChI is InChI=1S/C58H37NO2/c1-3-15-38(16-4-1)41-19-11-21-43(35-41)51-37-52-56-53(28-14-30-55(56)61-58(52)49-25-8-7-23-47(49)51)59(45-22-12-20-42(36-45)39-17-5-2-6-18-39)44-33-31-40(32-34-44)46-26-13-27-50-48-24-9-10-29-54(48)60-57(46)50/h1-37H. The molecule has 0 aliphatic rings. The van der Waals surface area contributed by atoms with Crippen molar-refractivity contribution in [2.24, 2.45) is 0 Å². The van der Waals surface area contributed by atoms with E-state index in [1.54, 1.807) is 0 Å². The molecule has 12 aromatic rings. The highest BCUT2D eigenvalue weighted by molar-refractivity contribution is 6.22. The van der Waals surface area contributed by atoms with E-state index in [-0.39, 0.29) is 0 Å². The number of anilines is 3. The Morgan fingerprint density at radius 1 is 0.279 bits per heavy atom. The highest BCUT2D eigenvalue weighted by Gasteiger charge is 2.23. The van der Waals surface area contributed by atoms with E-state index in [1.165, 1.54) is 22.3 Å². The summed E-state index contributed by atoms with van der Waals surface area (Å²) in [5.41, 5.74) is 15.8. The van der Waals surface area contributed by atoms with Crippen molar-refractivity contribution in [3.05, 3.63) is 224 Å². The molecule has 0 unspecified atom stereocenters. The molecule has 2 heterocycles. The first-order chi connectivity index (χ1) is 30.2. The Morgan fingerprint density at radius 2 is 0.836 bits per heavy atom. The van der Waals surface area contributed by atoms with Gasteiger partial charge in [-0.2, -0.15) is 0 Å². The summed E-state index contributed by atoms with van der Waals surface area (Å²) < 4.78 is 13.4. The van der Waals surface area contributed by atoms with E-state index >= 15 is 0 Å². The van der Waals surface area contributed by atoms with Crippen molar-refractivity contribution >= 4 is 71.7 Å². The van der Waals surface area contributed by atoms with Gasteiger partial charge in [0.25, 0.3) is 0 Å². The van der Waals surface area contributed by atoms with Gasteiger partial charge in [0.15, 0.2) is 0 Å². The molecule has 61 heavy (non-hydrogen) atoms. The van der Waals surface area contributed by atoms with Crippen LogP contribution in [0, 0.1) is 0 Å². The Labute approximate surface area is 353 Å². The van der Waals surface area contributed by atoms with Crippen LogP contribution in [0.15, 0.2) is 233 Å². The maximum atomic E-state index is 6.91. The van der Waals surface area contributed by atoms with Gasteiger partial charge in [0.1, 0.15) is 22.3 Å². The second-order valence-electron chi connectivity index (χ2n) is 15.6. The number of para-hydroxylation sites is 2. The normalized spacial score (nSPS) is 11.6. The van der Waals surface area contributed by atoms with Crippen LogP contribution < -0.4 is 4.90 Å². The summed E-state index contributed by atoms with van der Waals surface area (Å²) in [5.74, 6) is 0. The second-order valence-corrected chi connectivity index (χ2v) is 15.6. The van der Waals surface area contributed by atoms with Crippen LogP contribution in [-0.2, 0) is 0 Å². The summed E-state index contributed by atoms with van der Waals surface area (Å²) in [4.78, 5) is 2.38. The van der Waals surface area contributed by atoms with Gasteiger partial charge in [0, 0.05) is 38.5 Å². The first-order valence-electron chi connectivity index (χ1n) is 20.7. The molecule has 286 valence electrons. The number of rotatable bonds is 7. The van der Waals surface area contributed by atoms with Gasteiger partial charge < -0.3 is 13.7 Å². The van der Waals surface area contributed by atoms with E-state index in [2.05, 4.69) is 217 Å². The lowest BCUT2D eigenvalue weighted by Crippen LogP contribution is -2.10. The van der Waals surface area contributed by atoms with E-state index < -0.39 is 0 Å². The highest BCUT2D eigenvalue weighted by Crippen LogP contribution is 2.47. The van der Waals surface area contributed by atoms with Crippen molar-refractivity contribution in [1.82, 2.24) is 0 Å². The van der Waals surface area contributed by atoms with Crippen molar-refractivity contribution in [2.75, 3.05) is 4.90 Å². The van der Waals surface area contributed by atoms with Gasteiger partial charge in [0.05, 0.1) is 11.1 Å². The minimum atomic E-state index is 0.838. The minimum Gasteiger partial charge on any atom is -0.455 e. The molecule has 0 N–H and O–H groups in total. The molecule has 2 aromatic heterocycles. The molecular weight excluding hydrogens is 743 g/mol. The van der Waals surface area contributed by atoms with Crippen LogP contribution >= 0.6 is 0 Å². The van der Waals surface area contributed by atoms with Crippen molar-refractivity contribution in [2.45, 2.75) is 0 Å². The van der Waals surface area contributed by atoms with Gasteiger partial charge in [-0.05, 0) is 98.9 Å². The Balaban J connectivity index is 1.07. The van der Waals surface area contributed by atoms with E-state index in [0.717, 1.165) is 94.0 Å². The monoisotopic (exact) mass is 779 g/mol. The van der Waals surface area contributed by atoms with E-state index in [0.29, 0.717) is 0 Å². The summed E-state index contributed by atoms with van der Waals surface area (Å²) in [7, 11) is 0. The second kappa shape index (κ2) is 14.3. The molecule has 3 heteroatoms. The third kappa shape index (κ3) is 5.90. The zero-order valence-electron chi connectivity index (χ0n) is 33.1. The minimum absolute atomic E-state index is 0.838. The zero-order chi connectivity index (χ0) is 40.3. The molecule has 0 bridgehead atoms.